The van der Waals surface area contributed by atoms with E-state index < -0.39 is 0 Å². The van der Waals surface area contributed by atoms with E-state index in [1.165, 1.54) is 18.9 Å². The van der Waals surface area contributed by atoms with E-state index in [2.05, 4.69) is 20.1 Å². The van der Waals surface area contributed by atoms with E-state index in [1.54, 1.807) is 13.2 Å². The summed E-state index contributed by atoms with van der Waals surface area (Å²) in [6.07, 6.45) is 7.83. The van der Waals surface area contributed by atoms with Crippen LogP contribution in [0.3, 0.4) is 0 Å². The molecule has 2 heterocycles. The second-order valence-corrected chi connectivity index (χ2v) is 7.08. The zero-order valence-corrected chi connectivity index (χ0v) is 16.5. The summed E-state index contributed by atoms with van der Waals surface area (Å²) in [6.45, 7) is 0.964. The molecular formula is C23H24N4O2. The molecule has 0 atom stereocenters. The molecule has 4 rings (SSSR count). The Morgan fingerprint density at radius 3 is 2.79 bits per heavy atom. The minimum atomic E-state index is -0.183. The number of hydrogen-bond acceptors (Lipinski definition) is 4. The van der Waals surface area contributed by atoms with E-state index in [0.29, 0.717) is 0 Å². The lowest BCUT2D eigenvalue weighted by atomic mass is 10.2. The summed E-state index contributed by atoms with van der Waals surface area (Å²) in [4.78, 5) is 12.2. The number of rotatable bonds is 5. The number of anilines is 1. The van der Waals surface area contributed by atoms with E-state index in [9.17, 15) is 4.79 Å². The Morgan fingerprint density at radius 1 is 1.10 bits per heavy atom. The summed E-state index contributed by atoms with van der Waals surface area (Å²) in [5, 5.41) is 11.6. The minimum absolute atomic E-state index is 0.183. The molecule has 0 spiro atoms. The Bertz CT molecular complexity index is 1020. The number of methoxy groups -OCH3 is 1. The largest absolute Gasteiger partial charge is 0.497 e. The highest BCUT2D eigenvalue weighted by atomic mass is 16.5. The van der Waals surface area contributed by atoms with Gasteiger partial charge in [-0.1, -0.05) is 18.6 Å². The van der Waals surface area contributed by atoms with Crippen LogP contribution in [-0.2, 0) is 17.8 Å². The van der Waals surface area contributed by atoms with Crippen LogP contribution in [0.15, 0.2) is 54.6 Å². The smallest absolute Gasteiger partial charge is 0.248 e. The SMILES string of the molecule is COc1cccc(C=CC(=O)Nc2ccc(-c3nnc4n3CCCCC4)cc2)c1. The molecule has 1 aromatic heterocycles. The van der Waals surface area contributed by atoms with Gasteiger partial charge in [0, 0.05) is 30.3 Å². The van der Waals surface area contributed by atoms with Crippen LogP contribution < -0.4 is 10.1 Å². The Kier molecular flexibility index (Phi) is 5.70. The lowest BCUT2D eigenvalue weighted by Crippen LogP contribution is -2.07. The minimum Gasteiger partial charge on any atom is -0.497 e. The lowest BCUT2D eigenvalue weighted by Gasteiger charge is -2.08. The third-order valence-corrected chi connectivity index (χ3v) is 5.04. The number of hydrogen-bond donors (Lipinski definition) is 1. The first kappa shape index (κ1) is 18.9. The summed E-state index contributed by atoms with van der Waals surface area (Å²) in [5.74, 6) is 2.54. The Labute approximate surface area is 170 Å². The van der Waals surface area contributed by atoms with Gasteiger partial charge in [0.2, 0.25) is 5.91 Å². The van der Waals surface area contributed by atoms with Gasteiger partial charge in [-0.05, 0) is 60.9 Å². The molecule has 1 aliphatic rings. The van der Waals surface area contributed by atoms with Crippen LogP contribution in [0.5, 0.6) is 5.75 Å². The number of amides is 1. The molecule has 3 aromatic rings. The molecule has 0 saturated carbocycles. The van der Waals surface area contributed by atoms with Crippen LogP contribution in [0.25, 0.3) is 17.5 Å². The van der Waals surface area contributed by atoms with Crippen molar-refractivity contribution in [3.05, 3.63) is 66.0 Å². The van der Waals surface area contributed by atoms with Crippen molar-refractivity contribution in [2.75, 3.05) is 12.4 Å². The maximum absolute atomic E-state index is 12.2. The number of nitrogens with zero attached hydrogens (tertiary/aromatic N) is 3. The fraction of sp³-hybridized carbons (Fsp3) is 0.261. The van der Waals surface area contributed by atoms with Crippen molar-refractivity contribution >= 4 is 17.7 Å². The highest BCUT2D eigenvalue weighted by molar-refractivity contribution is 6.02. The molecule has 1 N–H and O–H groups in total. The van der Waals surface area contributed by atoms with Crippen molar-refractivity contribution in [2.24, 2.45) is 0 Å². The number of nitrogens with one attached hydrogen (secondary N) is 1. The second-order valence-electron chi connectivity index (χ2n) is 7.08. The van der Waals surface area contributed by atoms with Crippen molar-refractivity contribution in [1.29, 1.82) is 0 Å². The molecule has 0 bridgehead atoms. The predicted molar refractivity (Wildman–Crippen MR) is 114 cm³/mol. The molecule has 1 aliphatic heterocycles. The van der Waals surface area contributed by atoms with Crippen molar-refractivity contribution in [3.63, 3.8) is 0 Å². The van der Waals surface area contributed by atoms with Crippen LogP contribution in [-0.4, -0.2) is 27.8 Å². The number of aromatic nitrogens is 3. The average Bonchev–Trinajstić information content (AvgIpc) is 3.01. The van der Waals surface area contributed by atoms with Gasteiger partial charge in [0.15, 0.2) is 5.82 Å². The first-order valence-electron chi connectivity index (χ1n) is 9.88. The predicted octanol–water partition coefficient (Wildman–Crippen LogP) is 4.33. The van der Waals surface area contributed by atoms with Gasteiger partial charge in [-0.3, -0.25) is 4.79 Å². The van der Waals surface area contributed by atoms with E-state index >= 15 is 0 Å². The molecule has 2 aromatic carbocycles. The Hall–Kier alpha value is -3.41. The molecule has 6 nitrogen and oxygen atoms in total. The van der Waals surface area contributed by atoms with Crippen molar-refractivity contribution in [1.82, 2.24) is 14.8 Å². The summed E-state index contributed by atoms with van der Waals surface area (Å²) in [7, 11) is 1.62. The molecule has 29 heavy (non-hydrogen) atoms. The van der Waals surface area contributed by atoms with E-state index in [-0.39, 0.29) is 5.91 Å². The van der Waals surface area contributed by atoms with Crippen molar-refractivity contribution < 1.29 is 9.53 Å². The van der Waals surface area contributed by atoms with Crippen LogP contribution in [0, 0.1) is 0 Å². The molecule has 6 heteroatoms. The summed E-state index contributed by atoms with van der Waals surface area (Å²) < 4.78 is 7.41. The molecule has 1 amide bonds. The maximum atomic E-state index is 12.2. The molecular weight excluding hydrogens is 364 g/mol. The van der Waals surface area contributed by atoms with Gasteiger partial charge < -0.3 is 14.6 Å². The highest BCUT2D eigenvalue weighted by Gasteiger charge is 2.15. The third kappa shape index (κ3) is 4.54. The first-order chi connectivity index (χ1) is 14.2. The topological polar surface area (TPSA) is 69.0 Å². The highest BCUT2D eigenvalue weighted by Crippen LogP contribution is 2.24. The molecule has 0 unspecified atom stereocenters. The van der Waals surface area contributed by atoms with Crippen LogP contribution in [0.2, 0.25) is 0 Å². The quantitative estimate of drug-likeness (QED) is 0.661. The molecule has 0 radical (unpaired) electrons. The molecule has 0 saturated heterocycles. The van der Waals surface area contributed by atoms with Gasteiger partial charge >= 0.3 is 0 Å². The molecule has 0 aliphatic carbocycles. The lowest BCUT2D eigenvalue weighted by molar-refractivity contribution is -0.111. The van der Waals surface area contributed by atoms with Crippen molar-refractivity contribution in [3.8, 4) is 17.1 Å². The van der Waals surface area contributed by atoms with Gasteiger partial charge in [-0.15, -0.1) is 10.2 Å². The van der Waals surface area contributed by atoms with E-state index in [4.69, 9.17) is 4.74 Å². The zero-order chi connectivity index (χ0) is 20.1. The van der Waals surface area contributed by atoms with Crippen LogP contribution in [0.4, 0.5) is 5.69 Å². The van der Waals surface area contributed by atoms with Crippen LogP contribution in [0.1, 0.15) is 30.7 Å². The summed E-state index contributed by atoms with van der Waals surface area (Å²) >= 11 is 0. The van der Waals surface area contributed by atoms with Gasteiger partial charge in [0.25, 0.3) is 0 Å². The summed E-state index contributed by atoms with van der Waals surface area (Å²) in [5.41, 5.74) is 2.66. The second kappa shape index (κ2) is 8.73. The normalized spacial score (nSPS) is 13.7. The molecule has 148 valence electrons. The number of carbonyl (C=O) groups is 1. The summed E-state index contributed by atoms with van der Waals surface area (Å²) in [6, 6.07) is 15.3. The fourth-order valence-electron chi connectivity index (χ4n) is 3.50. The number of benzene rings is 2. The number of carbonyl (C=O) groups excluding carboxylic acids is 1. The fourth-order valence-corrected chi connectivity index (χ4v) is 3.50. The Morgan fingerprint density at radius 2 is 1.97 bits per heavy atom. The van der Waals surface area contributed by atoms with E-state index in [1.807, 2.05) is 48.5 Å². The monoisotopic (exact) mass is 388 g/mol. The number of ether oxygens (including phenoxy) is 1. The number of fused-ring (bicyclic) bond motifs is 1. The molecule has 0 fully saturated rings. The first-order valence-corrected chi connectivity index (χ1v) is 9.88. The van der Waals surface area contributed by atoms with Gasteiger partial charge in [0.05, 0.1) is 7.11 Å². The van der Waals surface area contributed by atoms with Crippen molar-refractivity contribution in [2.45, 2.75) is 32.2 Å². The van der Waals surface area contributed by atoms with E-state index in [0.717, 1.165) is 53.6 Å². The van der Waals surface area contributed by atoms with Gasteiger partial charge in [0.1, 0.15) is 11.6 Å². The number of aryl methyl sites for hydroxylation is 1. The average molecular weight is 388 g/mol. The van der Waals surface area contributed by atoms with Gasteiger partial charge in [-0.2, -0.15) is 0 Å². The maximum Gasteiger partial charge on any atom is 0.248 e. The zero-order valence-electron chi connectivity index (χ0n) is 16.5. The third-order valence-electron chi connectivity index (χ3n) is 5.04. The van der Waals surface area contributed by atoms with Crippen LogP contribution >= 0.6 is 0 Å². The van der Waals surface area contributed by atoms with Gasteiger partial charge in [-0.25, -0.2) is 0 Å². The standard InChI is InChI=1S/C23H24N4O2/c1-29-20-7-5-6-17(16-20)9-14-22(28)24-19-12-10-18(11-13-19)23-26-25-21-8-3-2-4-15-27(21)23/h5-7,9-14,16H,2-4,8,15H2,1H3,(H,24,28). The Balaban J connectivity index is 1.42.